The first-order valence-corrected chi connectivity index (χ1v) is 18.9. The minimum absolute atomic E-state index is 0.0369. The minimum Gasteiger partial charge on any atom is -0.504 e. The summed E-state index contributed by atoms with van der Waals surface area (Å²) in [6, 6.07) is 1.77. The molecule has 0 aliphatic carbocycles. The number of carboxylic acid groups (broad SMARTS) is 1. The van der Waals surface area contributed by atoms with Crippen LogP contribution < -0.4 is 21.5 Å². The highest BCUT2D eigenvalue weighted by molar-refractivity contribution is 8.00. The van der Waals surface area contributed by atoms with Crippen LogP contribution in [-0.4, -0.2) is 133 Å². The summed E-state index contributed by atoms with van der Waals surface area (Å²) in [4.78, 5) is 62.9. The van der Waals surface area contributed by atoms with Gasteiger partial charge in [-0.1, -0.05) is 16.8 Å². The number of aliphatic carboxylic acids is 1. The molecule has 0 radical (unpaired) electrons. The Hall–Kier alpha value is -5.06. The molecule has 4 aliphatic heterocycles. The summed E-state index contributed by atoms with van der Waals surface area (Å²) in [6.07, 6.45) is 3.22. The molecule has 3 fully saturated rings. The van der Waals surface area contributed by atoms with E-state index in [2.05, 4.69) is 52.8 Å². The lowest BCUT2D eigenvalue weighted by Gasteiger charge is -2.52. The minimum atomic E-state index is -1.79. The Kier molecular flexibility index (Phi) is 9.64. The average Bonchev–Trinajstić information content (AvgIpc) is 3.84. The number of nitrogens with two attached hydrogens (primary N) is 1. The van der Waals surface area contributed by atoms with Crippen LogP contribution in [0.4, 0.5) is 5.13 Å². The molecule has 4 aliphatic rings. The molecule has 3 amide bonds. The lowest BCUT2D eigenvalue weighted by Crippen LogP contribution is -2.70. The van der Waals surface area contributed by atoms with E-state index in [1.54, 1.807) is 0 Å². The second kappa shape index (κ2) is 14.0. The number of carbonyl (C=O) groups excluding carboxylic acids is 3. The molecule has 0 spiro atoms. The standard InChI is InChI=1S/C31H35ClN12O8S2/c1-31(2,29(50)51)52-39-19(23-36-30(33)54-40-23)26(48)35-20-27(49)43-21(24-37-41-42-38-24)12(11-53-28(20)43)10-44(3)14-4-5-15(44)9-13(8-14)34-25(47)16-6-7-17(45)22(46)18(16)32/h6-7,13-15,20,28H,4-5,8-11H2,1-3H3,(H7-,33,34,35,36,37,38,39,40,41,42,45,46,47,48,50,51)/t13?,14-,15?,20+,28+,44?/m0/s1. The van der Waals surface area contributed by atoms with E-state index < -0.39 is 57.9 Å². The fourth-order valence-corrected chi connectivity index (χ4v) is 9.52. The zero-order valence-electron chi connectivity index (χ0n) is 29.0. The number of thioether (sulfide) groups is 1. The Balaban J connectivity index is 1.08. The van der Waals surface area contributed by atoms with Crippen LogP contribution in [-0.2, 0) is 19.2 Å². The van der Waals surface area contributed by atoms with Crippen molar-refractivity contribution < 1.29 is 43.8 Å². The lowest BCUT2D eigenvalue weighted by molar-refractivity contribution is -0.944. The number of piperidine rings is 1. The Labute approximate surface area is 319 Å². The Morgan fingerprint density at radius 3 is 2.56 bits per heavy atom. The number of likely N-dealkylation sites (N-methyl/N-ethyl adjacent to an activating group) is 1. The molecule has 3 unspecified atom stereocenters. The summed E-state index contributed by atoms with van der Waals surface area (Å²) in [5, 5.41) is 53.5. The number of aromatic hydroxyl groups is 2. The largest absolute Gasteiger partial charge is 0.504 e. The molecule has 54 heavy (non-hydrogen) atoms. The molecule has 2 bridgehead atoms. The van der Waals surface area contributed by atoms with Gasteiger partial charge in [-0.25, -0.2) is 4.79 Å². The fraction of sp³-hybridized carbons (Fsp3) is 0.484. The van der Waals surface area contributed by atoms with Crippen molar-refractivity contribution in [1.29, 1.82) is 0 Å². The van der Waals surface area contributed by atoms with Crippen LogP contribution in [0.3, 0.4) is 0 Å². The van der Waals surface area contributed by atoms with E-state index in [-0.39, 0.29) is 45.5 Å². The van der Waals surface area contributed by atoms with Crippen LogP contribution >= 0.6 is 34.9 Å². The number of nitrogens with one attached hydrogen (secondary N) is 2. The van der Waals surface area contributed by atoms with Crippen LogP contribution in [0.25, 0.3) is 5.70 Å². The number of β-lactam (4-membered cyclic amide) rings is 1. The van der Waals surface area contributed by atoms with Crippen molar-refractivity contribution in [2.45, 2.75) is 74.7 Å². The van der Waals surface area contributed by atoms with Crippen molar-refractivity contribution in [3.05, 3.63) is 39.9 Å². The molecule has 23 heteroatoms. The molecular formula is C31H35ClN12O8S2. The van der Waals surface area contributed by atoms with Gasteiger partial charge < -0.3 is 46.1 Å². The van der Waals surface area contributed by atoms with Gasteiger partial charge in [-0.2, -0.15) is 14.6 Å². The van der Waals surface area contributed by atoms with Crippen molar-refractivity contribution in [2.75, 3.05) is 25.1 Å². The van der Waals surface area contributed by atoms with Crippen LogP contribution in [0.2, 0.25) is 5.02 Å². The molecule has 7 rings (SSSR count). The van der Waals surface area contributed by atoms with Gasteiger partial charge in [0.2, 0.25) is 17.1 Å². The molecule has 286 valence electrons. The van der Waals surface area contributed by atoms with Crippen LogP contribution in [0.5, 0.6) is 11.5 Å². The second-order valence-electron chi connectivity index (χ2n) is 14.1. The lowest BCUT2D eigenvalue weighted by atomic mass is 9.92. The predicted molar refractivity (Wildman–Crippen MR) is 192 cm³/mol. The van der Waals surface area contributed by atoms with Gasteiger partial charge in [0.05, 0.1) is 41.2 Å². The van der Waals surface area contributed by atoms with Crippen LogP contribution in [0.1, 0.15) is 61.5 Å². The molecule has 1 aromatic carbocycles. The van der Waals surface area contributed by atoms with Gasteiger partial charge in [0.25, 0.3) is 17.7 Å². The summed E-state index contributed by atoms with van der Waals surface area (Å²) >= 11 is 8.40. The van der Waals surface area contributed by atoms with Gasteiger partial charge in [0.15, 0.2) is 16.6 Å². The van der Waals surface area contributed by atoms with Crippen molar-refractivity contribution in [3.8, 4) is 11.5 Å². The van der Waals surface area contributed by atoms with E-state index >= 15 is 0 Å². The first kappa shape index (κ1) is 37.3. The van der Waals surface area contributed by atoms with E-state index in [0.717, 1.165) is 29.9 Å². The van der Waals surface area contributed by atoms with Gasteiger partial charge in [-0.05, 0) is 26.0 Å². The number of tetrazole rings is 1. The number of fused-ring (bicyclic) bond motifs is 3. The third kappa shape index (κ3) is 6.55. The zero-order valence-corrected chi connectivity index (χ0v) is 31.4. The number of aromatic nitrogens is 6. The topological polar surface area (TPSA) is 282 Å². The molecule has 0 saturated carbocycles. The molecule has 7 N–H and O–H groups in total. The molecule has 6 heterocycles. The SMILES string of the molecule is CC(C)(O/N=C(\C(=O)N[C@@H]1C(=O)N2C(c3nnn[n-]3)=C(C[N+]3(C)C4CC[C@H]3CC(NC(=O)c3ccc(O)c(O)c3Cl)C4)CS[C@H]12)c1nsc(N)n1)C(=O)O. The van der Waals surface area contributed by atoms with E-state index in [1.165, 1.54) is 42.6 Å². The number of nitrogens with zero attached hydrogens (tertiary/aromatic N) is 9. The summed E-state index contributed by atoms with van der Waals surface area (Å²) in [7, 11) is 2.17. The first-order valence-electron chi connectivity index (χ1n) is 16.7. The van der Waals surface area contributed by atoms with Crippen molar-refractivity contribution >= 4 is 75.1 Å². The molecular weight excluding hydrogens is 768 g/mol. The highest BCUT2D eigenvalue weighted by Gasteiger charge is 2.56. The summed E-state index contributed by atoms with van der Waals surface area (Å²) in [5.74, 6) is -3.59. The van der Waals surface area contributed by atoms with E-state index in [9.17, 15) is 34.5 Å². The highest BCUT2D eigenvalue weighted by Crippen LogP contribution is 2.47. The summed E-state index contributed by atoms with van der Waals surface area (Å²) in [5.41, 5.74) is 4.93. The van der Waals surface area contributed by atoms with Crippen molar-refractivity contribution in [1.82, 2.24) is 45.5 Å². The fourth-order valence-electron chi connectivity index (χ4n) is 7.50. The number of carboxylic acids is 1. The maximum Gasteiger partial charge on any atom is 0.350 e. The Bertz CT molecular complexity index is 2080. The van der Waals surface area contributed by atoms with Crippen molar-refractivity contribution in [2.24, 2.45) is 5.16 Å². The number of halogens is 1. The highest BCUT2D eigenvalue weighted by atomic mass is 35.5. The summed E-state index contributed by atoms with van der Waals surface area (Å²) < 4.78 is 4.68. The van der Waals surface area contributed by atoms with Gasteiger partial charge in [0.1, 0.15) is 18.0 Å². The van der Waals surface area contributed by atoms with Gasteiger partial charge in [-0.15, -0.1) is 11.8 Å². The normalized spacial score (nSPS) is 26.6. The third-order valence-electron chi connectivity index (χ3n) is 10.4. The number of quaternary nitrogens is 1. The number of oxime groups is 1. The van der Waals surface area contributed by atoms with Gasteiger partial charge >= 0.3 is 5.97 Å². The maximum atomic E-state index is 13.9. The smallest absolute Gasteiger partial charge is 0.350 e. The second-order valence-corrected chi connectivity index (χ2v) is 16.4. The van der Waals surface area contributed by atoms with Crippen LogP contribution in [0.15, 0.2) is 22.9 Å². The Morgan fingerprint density at radius 1 is 1.20 bits per heavy atom. The van der Waals surface area contributed by atoms with E-state index in [0.29, 0.717) is 35.3 Å². The number of nitrogen functional groups attached to an aromatic ring is 1. The number of phenolic OH excluding ortho intramolecular Hbond substituents is 2. The number of benzene rings is 1. The maximum absolute atomic E-state index is 13.9. The number of hydrogen-bond donors (Lipinski definition) is 6. The van der Waals surface area contributed by atoms with Crippen LogP contribution in [0, 0.1) is 0 Å². The molecule has 2 aromatic heterocycles. The van der Waals surface area contributed by atoms with Gasteiger partial charge in [0, 0.05) is 54.6 Å². The van der Waals surface area contributed by atoms with Gasteiger partial charge in [-0.3, -0.25) is 29.6 Å². The van der Waals surface area contributed by atoms with E-state index in [4.69, 9.17) is 22.2 Å². The number of amides is 3. The number of carbonyl (C=O) groups is 4. The number of anilines is 1. The molecule has 3 saturated heterocycles. The number of rotatable bonds is 11. The molecule has 20 nitrogen and oxygen atoms in total. The van der Waals surface area contributed by atoms with Crippen molar-refractivity contribution in [3.63, 3.8) is 0 Å². The van der Waals surface area contributed by atoms with E-state index in [1.807, 2.05) is 0 Å². The number of hydrogen-bond acceptors (Lipinski definition) is 16. The summed E-state index contributed by atoms with van der Waals surface area (Å²) in [6.45, 7) is 3.06. The monoisotopic (exact) mass is 802 g/mol. The quantitative estimate of drug-likeness (QED) is 0.0500. The Morgan fingerprint density at radius 2 is 1.93 bits per heavy atom. The zero-order chi connectivity index (χ0) is 38.7. The first-order chi connectivity index (χ1) is 25.6. The average molecular weight is 803 g/mol. The molecule has 3 aromatic rings. The third-order valence-corrected chi connectivity index (χ3v) is 12.7. The molecule has 6 atom stereocenters. The predicted octanol–water partition coefficient (Wildman–Crippen LogP) is 0.292. The number of phenols is 2.